The Balaban J connectivity index is 2.45. The van der Waals surface area contributed by atoms with E-state index in [2.05, 4.69) is 0 Å². The van der Waals surface area contributed by atoms with E-state index in [0.29, 0.717) is 19.5 Å². The highest BCUT2D eigenvalue weighted by molar-refractivity contribution is 4.90. The van der Waals surface area contributed by atoms with E-state index in [-0.39, 0.29) is 13.2 Å². The highest BCUT2D eigenvalue weighted by Gasteiger charge is 2.38. The van der Waals surface area contributed by atoms with Crippen LogP contribution in [-0.4, -0.2) is 53.1 Å². The Hall–Kier alpha value is -0.190. The van der Waals surface area contributed by atoms with Crippen LogP contribution >= 0.6 is 0 Å². The molecule has 1 rings (SSSR count). The van der Waals surface area contributed by atoms with Gasteiger partial charge in [-0.2, -0.15) is 0 Å². The Bertz CT molecular complexity index is 152. The Kier molecular flexibility index (Phi) is 3.04. The zero-order valence-electron chi connectivity index (χ0n) is 7.33. The van der Waals surface area contributed by atoms with Crippen LogP contribution in [0.25, 0.3) is 0 Å². The molecular formula is C8H16FNO2. The quantitative estimate of drug-likeness (QED) is 0.612. The molecule has 2 N–H and O–H groups in total. The predicted molar refractivity (Wildman–Crippen MR) is 43.7 cm³/mol. The summed E-state index contributed by atoms with van der Waals surface area (Å²) in [6.45, 7) is 2.83. The van der Waals surface area contributed by atoms with Crippen molar-refractivity contribution in [3.05, 3.63) is 0 Å². The third-order valence-corrected chi connectivity index (χ3v) is 2.36. The fraction of sp³-hybridized carbons (Fsp3) is 1.00. The van der Waals surface area contributed by atoms with Crippen molar-refractivity contribution >= 4 is 0 Å². The van der Waals surface area contributed by atoms with Crippen molar-refractivity contribution in [2.45, 2.75) is 25.1 Å². The summed E-state index contributed by atoms with van der Waals surface area (Å²) in [7, 11) is 0. The number of rotatable bonds is 2. The number of alkyl halides is 1. The third-order valence-electron chi connectivity index (χ3n) is 2.36. The maximum Gasteiger partial charge on any atom is 0.146 e. The van der Waals surface area contributed by atoms with Gasteiger partial charge in [-0.3, -0.25) is 4.90 Å². The molecule has 72 valence electrons. The molecule has 0 radical (unpaired) electrons. The van der Waals surface area contributed by atoms with E-state index < -0.39 is 11.8 Å². The van der Waals surface area contributed by atoms with Gasteiger partial charge in [0.05, 0.1) is 12.7 Å². The van der Waals surface area contributed by atoms with Gasteiger partial charge in [-0.25, -0.2) is 4.39 Å². The summed E-state index contributed by atoms with van der Waals surface area (Å²) in [4.78, 5) is 1.83. The molecule has 2 atom stereocenters. The maximum absolute atomic E-state index is 13.5. The van der Waals surface area contributed by atoms with E-state index in [1.54, 1.807) is 0 Å². The van der Waals surface area contributed by atoms with Crippen LogP contribution in [0.1, 0.15) is 13.3 Å². The second-order valence-electron chi connectivity index (χ2n) is 3.58. The molecule has 1 fully saturated rings. The Morgan fingerprint density at radius 1 is 1.67 bits per heavy atom. The van der Waals surface area contributed by atoms with E-state index in [9.17, 15) is 9.50 Å². The fourth-order valence-electron chi connectivity index (χ4n) is 1.56. The molecule has 1 aliphatic heterocycles. The van der Waals surface area contributed by atoms with Crippen LogP contribution in [0.3, 0.4) is 0 Å². The number of hydrogen-bond acceptors (Lipinski definition) is 3. The van der Waals surface area contributed by atoms with Gasteiger partial charge >= 0.3 is 0 Å². The van der Waals surface area contributed by atoms with Gasteiger partial charge in [-0.05, 0) is 13.3 Å². The molecule has 0 aromatic carbocycles. The monoisotopic (exact) mass is 177 g/mol. The van der Waals surface area contributed by atoms with Crippen molar-refractivity contribution in [1.29, 1.82) is 0 Å². The molecule has 1 heterocycles. The van der Waals surface area contributed by atoms with Crippen LogP contribution in [0, 0.1) is 0 Å². The van der Waals surface area contributed by atoms with Gasteiger partial charge < -0.3 is 10.2 Å². The SMILES string of the molecule is CC1(F)CN(CCO)CC[C@H]1O. The molecule has 4 heteroatoms. The number of nitrogens with zero attached hydrogens (tertiary/aromatic N) is 1. The molecule has 0 spiro atoms. The zero-order chi connectivity index (χ0) is 9.19. The number of hydrogen-bond donors (Lipinski definition) is 2. The second-order valence-corrected chi connectivity index (χ2v) is 3.58. The second kappa shape index (κ2) is 3.68. The van der Waals surface area contributed by atoms with E-state index in [1.807, 2.05) is 4.90 Å². The minimum atomic E-state index is -1.52. The van der Waals surface area contributed by atoms with Gasteiger partial charge in [0.25, 0.3) is 0 Å². The summed E-state index contributed by atoms with van der Waals surface area (Å²) in [6, 6.07) is 0. The molecule has 12 heavy (non-hydrogen) atoms. The lowest BCUT2D eigenvalue weighted by Crippen LogP contribution is -2.52. The highest BCUT2D eigenvalue weighted by atomic mass is 19.1. The molecular weight excluding hydrogens is 161 g/mol. The lowest BCUT2D eigenvalue weighted by atomic mass is 9.93. The average Bonchev–Trinajstić information content (AvgIpc) is 1.97. The van der Waals surface area contributed by atoms with Gasteiger partial charge in [-0.15, -0.1) is 0 Å². The number of halogens is 1. The third kappa shape index (κ3) is 2.15. The van der Waals surface area contributed by atoms with Gasteiger partial charge in [0.1, 0.15) is 5.67 Å². The number of β-amino-alcohol motifs (C(OH)–C–C–N with tert-alkyl or cyclic N) is 1. The van der Waals surface area contributed by atoms with Crippen molar-refractivity contribution < 1.29 is 14.6 Å². The summed E-state index contributed by atoms with van der Waals surface area (Å²) in [5.74, 6) is 0. The molecule has 1 unspecified atom stereocenters. The summed E-state index contributed by atoms with van der Waals surface area (Å²) in [6.07, 6.45) is -0.403. The molecule has 3 nitrogen and oxygen atoms in total. The fourth-order valence-corrected chi connectivity index (χ4v) is 1.56. The van der Waals surface area contributed by atoms with Crippen molar-refractivity contribution in [2.75, 3.05) is 26.2 Å². The first-order valence-corrected chi connectivity index (χ1v) is 4.26. The van der Waals surface area contributed by atoms with Crippen LogP contribution in [-0.2, 0) is 0 Å². The lowest BCUT2D eigenvalue weighted by Gasteiger charge is -2.38. The minimum Gasteiger partial charge on any atom is -0.395 e. The van der Waals surface area contributed by atoms with Gasteiger partial charge in [0.15, 0.2) is 0 Å². The number of aliphatic hydroxyl groups is 2. The zero-order valence-corrected chi connectivity index (χ0v) is 7.33. The van der Waals surface area contributed by atoms with Crippen LogP contribution in [0.2, 0.25) is 0 Å². The molecule has 0 aliphatic carbocycles. The first-order chi connectivity index (χ1) is 5.56. The van der Waals surface area contributed by atoms with Crippen LogP contribution in [0.5, 0.6) is 0 Å². The van der Waals surface area contributed by atoms with Crippen molar-refractivity contribution in [1.82, 2.24) is 4.90 Å². The summed E-state index contributed by atoms with van der Waals surface area (Å²) >= 11 is 0. The molecule has 0 aromatic heterocycles. The van der Waals surface area contributed by atoms with Crippen molar-refractivity contribution in [2.24, 2.45) is 0 Å². The molecule has 0 aromatic rings. The first-order valence-electron chi connectivity index (χ1n) is 4.26. The van der Waals surface area contributed by atoms with Gasteiger partial charge in [0, 0.05) is 19.6 Å². The number of aliphatic hydroxyl groups excluding tert-OH is 2. The predicted octanol–water partition coefficient (Wildman–Crippen LogP) is -0.227. The molecule has 1 saturated heterocycles. The molecule has 0 amide bonds. The smallest absolute Gasteiger partial charge is 0.146 e. The van der Waals surface area contributed by atoms with Crippen molar-refractivity contribution in [3.63, 3.8) is 0 Å². The first kappa shape index (κ1) is 9.89. The highest BCUT2D eigenvalue weighted by Crippen LogP contribution is 2.24. The van der Waals surface area contributed by atoms with E-state index in [0.717, 1.165) is 0 Å². The average molecular weight is 177 g/mol. The van der Waals surface area contributed by atoms with E-state index in [1.165, 1.54) is 6.92 Å². The lowest BCUT2D eigenvalue weighted by molar-refractivity contribution is -0.0594. The van der Waals surface area contributed by atoms with E-state index in [4.69, 9.17) is 5.11 Å². The Morgan fingerprint density at radius 3 is 2.83 bits per heavy atom. The topological polar surface area (TPSA) is 43.7 Å². The summed E-state index contributed by atoms with van der Waals surface area (Å²) in [5, 5.41) is 17.9. The number of likely N-dealkylation sites (tertiary alicyclic amines) is 1. The van der Waals surface area contributed by atoms with E-state index >= 15 is 0 Å². The van der Waals surface area contributed by atoms with Gasteiger partial charge in [0.2, 0.25) is 0 Å². The van der Waals surface area contributed by atoms with Crippen LogP contribution in [0.4, 0.5) is 4.39 Å². The van der Waals surface area contributed by atoms with Crippen molar-refractivity contribution in [3.8, 4) is 0 Å². The molecule has 1 aliphatic rings. The summed E-state index contributed by atoms with van der Waals surface area (Å²) < 4.78 is 13.5. The van der Waals surface area contributed by atoms with Crippen LogP contribution in [0.15, 0.2) is 0 Å². The summed E-state index contributed by atoms with van der Waals surface area (Å²) in [5.41, 5.74) is -1.52. The molecule has 0 bridgehead atoms. The standard InChI is InChI=1S/C8H16FNO2/c1-8(9)6-10(4-5-11)3-2-7(8)12/h7,11-12H,2-6H2,1H3/t7-,8?/m1/s1. The Morgan fingerprint density at radius 2 is 2.33 bits per heavy atom. The van der Waals surface area contributed by atoms with Gasteiger partial charge in [-0.1, -0.05) is 0 Å². The largest absolute Gasteiger partial charge is 0.395 e. The number of piperidine rings is 1. The molecule has 0 saturated carbocycles. The maximum atomic E-state index is 13.5. The Labute approximate surface area is 71.8 Å². The van der Waals surface area contributed by atoms with Crippen LogP contribution < -0.4 is 0 Å². The normalized spacial score (nSPS) is 38.5. The minimum absolute atomic E-state index is 0.0478.